The number of fused-ring (bicyclic) bond motifs is 1. The molecule has 0 saturated heterocycles. The fraction of sp³-hybridized carbons (Fsp3) is 0.263. The summed E-state index contributed by atoms with van der Waals surface area (Å²) in [5, 5.41) is 4.20. The Balaban J connectivity index is 1.98. The van der Waals surface area contributed by atoms with Crippen LogP contribution in [0.5, 0.6) is 0 Å². The summed E-state index contributed by atoms with van der Waals surface area (Å²) in [6, 6.07) is 8.20. The van der Waals surface area contributed by atoms with Gasteiger partial charge in [0.1, 0.15) is 0 Å². The summed E-state index contributed by atoms with van der Waals surface area (Å²) < 4.78 is 5.69. The molecule has 0 radical (unpaired) electrons. The summed E-state index contributed by atoms with van der Waals surface area (Å²) >= 11 is 4.60. The minimum absolute atomic E-state index is 0.410. The number of thiol groups is 1. The second-order valence-electron chi connectivity index (χ2n) is 5.66. The van der Waals surface area contributed by atoms with Gasteiger partial charge in [0.05, 0.1) is 29.5 Å². The standard InChI is InChI=1S/C19H22N4OS/c1-3-4-16-18(25)17(12-24-10-9-20-2)23-19(22-16)14-5-6-15-13(11-14)7-8-21-15/h3-8,11,20-21,25H,9-10,12H2,1-2H3/b4-3+. The molecule has 2 N–H and O–H groups in total. The molecule has 0 fully saturated rings. The molecule has 2 heterocycles. The summed E-state index contributed by atoms with van der Waals surface area (Å²) in [5.74, 6) is 0.682. The molecule has 0 amide bonds. The van der Waals surface area contributed by atoms with Gasteiger partial charge in [-0.2, -0.15) is 0 Å². The van der Waals surface area contributed by atoms with Crippen molar-refractivity contribution in [3.8, 4) is 11.4 Å². The van der Waals surface area contributed by atoms with E-state index in [0.717, 1.165) is 39.3 Å². The molecule has 0 bridgehead atoms. The Morgan fingerprint density at radius 2 is 2.16 bits per heavy atom. The van der Waals surface area contributed by atoms with Crippen molar-refractivity contribution >= 4 is 29.6 Å². The van der Waals surface area contributed by atoms with E-state index in [-0.39, 0.29) is 0 Å². The molecule has 2 aromatic heterocycles. The monoisotopic (exact) mass is 354 g/mol. The highest BCUT2D eigenvalue weighted by molar-refractivity contribution is 7.80. The number of aromatic amines is 1. The van der Waals surface area contributed by atoms with Gasteiger partial charge in [0.2, 0.25) is 0 Å². The maximum atomic E-state index is 5.69. The molecule has 130 valence electrons. The molecule has 0 spiro atoms. The summed E-state index contributed by atoms with van der Waals surface area (Å²) in [7, 11) is 1.90. The average molecular weight is 354 g/mol. The lowest BCUT2D eigenvalue weighted by Crippen LogP contribution is -2.14. The third kappa shape index (κ3) is 4.10. The summed E-state index contributed by atoms with van der Waals surface area (Å²) in [4.78, 5) is 13.3. The van der Waals surface area contributed by atoms with Gasteiger partial charge in [0.25, 0.3) is 0 Å². The van der Waals surface area contributed by atoms with Crippen LogP contribution in [-0.2, 0) is 11.3 Å². The van der Waals surface area contributed by atoms with Crippen molar-refractivity contribution < 1.29 is 4.74 Å². The maximum Gasteiger partial charge on any atom is 0.160 e. The molecular weight excluding hydrogens is 332 g/mol. The van der Waals surface area contributed by atoms with Crippen LogP contribution in [0.4, 0.5) is 0 Å². The SMILES string of the molecule is C/C=C/c1nc(-c2ccc3[nH]ccc3c2)nc(COCCNC)c1S. The molecular formula is C19H22N4OS. The molecule has 3 aromatic rings. The zero-order valence-corrected chi connectivity index (χ0v) is 15.3. The van der Waals surface area contributed by atoms with Crippen LogP contribution >= 0.6 is 12.6 Å². The van der Waals surface area contributed by atoms with Gasteiger partial charge in [0.15, 0.2) is 5.82 Å². The number of aromatic nitrogens is 3. The number of ether oxygens (including phenoxy) is 1. The lowest BCUT2D eigenvalue weighted by molar-refractivity contribution is 0.119. The molecule has 1 aromatic carbocycles. The molecule has 0 saturated carbocycles. The minimum atomic E-state index is 0.410. The van der Waals surface area contributed by atoms with Crippen LogP contribution in [-0.4, -0.2) is 35.2 Å². The number of nitrogens with zero attached hydrogens (tertiary/aromatic N) is 2. The number of benzene rings is 1. The highest BCUT2D eigenvalue weighted by atomic mass is 32.1. The van der Waals surface area contributed by atoms with Crippen molar-refractivity contribution in [2.45, 2.75) is 18.4 Å². The van der Waals surface area contributed by atoms with E-state index in [4.69, 9.17) is 9.72 Å². The van der Waals surface area contributed by atoms with E-state index in [1.165, 1.54) is 0 Å². The molecule has 25 heavy (non-hydrogen) atoms. The second-order valence-corrected chi connectivity index (χ2v) is 6.11. The van der Waals surface area contributed by atoms with Crippen molar-refractivity contribution in [1.82, 2.24) is 20.3 Å². The second kappa shape index (κ2) is 8.29. The van der Waals surface area contributed by atoms with Crippen LogP contribution in [0.25, 0.3) is 28.4 Å². The Hall–Kier alpha value is -2.15. The number of hydrogen-bond donors (Lipinski definition) is 3. The summed E-state index contributed by atoms with van der Waals surface area (Å²) in [6.45, 7) is 3.79. The Bertz CT molecular complexity index is 888. The fourth-order valence-corrected chi connectivity index (χ4v) is 2.80. The zero-order valence-electron chi connectivity index (χ0n) is 14.4. The van der Waals surface area contributed by atoms with Crippen LogP contribution in [0.1, 0.15) is 18.3 Å². The molecule has 0 unspecified atom stereocenters. The van der Waals surface area contributed by atoms with Crippen LogP contribution < -0.4 is 5.32 Å². The Labute approximate surface area is 153 Å². The first-order valence-electron chi connectivity index (χ1n) is 8.25. The Morgan fingerprint density at radius 3 is 2.96 bits per heavy atom. The zero-order chi connectivity index (χ0) is 17.6. The van der Waals surface area contributed by atoms with Crippen molar-refractivity contribution in [2.75, 3.05) is 20.2 Å². The highest BCUT2D eigenvalue weighted by Crippen LogP contribution is 2.26. The number of likely N-dealkylation sites (N-methyl/N-ethyl adjacent to an activating group) is 1. The quantitative estimate of drug-likeness (QED) is 0.447. The maximum absolute atomic E-state index is 5.69. The summed E-state index contributed by atoms with van der Waals surface area (Å²) in [6.07, 6.45) is 5.82. The number of rotatable bonds is 7. The van der Waals surface area contributed by atoms with Crippen molar-refractivity contribution in [3.63, 3.8) is 0 Å². The molecule has 0 aliphatic heterocycles. The van der Waals surface area contributed by atoms with E-state index in [9.17, 15) is 0 Å². The molecule has 0 aliphatic carbocycles. The van der Waals surface area contributed by atoms with E-state index in [0.29, 0.717) is 19.0 Å². The minimum Gasteiger partial charge on any atom is -0.374 e. The van der Waals surface area contributed by atoms with Gasteiger partial charge in [-0.15, -0.1) is 12.6 Å². The average Bonchev–Trinajstić information content (AvgIpc) is 3.09. The van der Waals surface area contributed by atoms with Gasteiger partial charge in [-0.05, 0) is 44.3 Å². The number of allylic oxidation sites excluding steroid dienone is 1. The van der Waals surface area contributed by atoms with Gasteiger partial charge in [-0.1, -0.05) is 6.08 Å². The third-order valence-corrected chi connectivity index (χ3v) is 4.34. The van der Waals surface area contributed by atoms with E-state index in [1.807, 2.05) is 50.5 Å². The van der Waals surface area contributed by atoms with Gasteiger partial charge in [-0.3, -0.25) is 0 Å². The van der Waals surface area contributed by atoms with E-state index < -0.39 is 0 Å². The first kappa shape index (κ1) is 17.7. The fourth-order valence-electron chi connectivity index (χ4n) is 2.56. The number of H-pyrrole nitrogens is 1. The molecule has 0 atom stereocenters. The molecule has 3 rings (SSSR count). The highest BCUT2D eigenvalue weighted by Gasteiger charge is 2.12. The normalized spacial score (nSPS) is 11.6. The summed E-state index contributed by atoms with van der Waals surface area (Å²) in [5.41, 5.74) is 3.67. The largest absolute Gasteiger partial charge is 0.374 e. The topological polar surface area (TPSA) is 62.8 Å². The Kier molecular flexibility index (Phi) is 5.86. The van der Waals surface area contributed by atoms with E-state index in [1.54, 1.807) is 0 Å². The third-order valence-electron chi connectivity index (χ3n) is 3.85. The molecule has 6 heteroatoms. The predicted molar refractivity (Wildman–Crippen MR) is 105 cm³/mol. The molecule has 0 aliphatic rings. The number of nitrogens with one attached hydrogen (secondary N) is 2. The predicted octanol–water partition coefficient (Wildman–Crippen LogP) is 3.68. The van der Waals surface area contributed by atoms with Crippen LogP contribution in [0.2, 0.25) is 0 Å². The first-order chi connectivity index (χ1) is 12.2. The number of hydrogen-bond acceptors (Lipinski definition) is 5. The van der Waals surface area contributed by atoms with E-state index >= 15 is 0 Å². The lowest BCUT2D eigenvalue weighted by atomic mass is 10.1. The van der Waals surface area contributed by atoms with Crippen molar-refractivity contribution in [1.29, 1.82) is 0 Å². The van der Waals surface area contributed by atoms with Gasteiger partial charge < -0.3 is 15.0 Å². The van der Waals surface area contributed by atoms with Crippen LogP contribution in [0.15, 0.2) is 41.4 Å². The first-order valence-corrected chi connectivity index (χ1v) is 8.70. The van der Waals surface area contributed by atoms with Gasteiger partial charge in [-0.25, -0.2) is 9.97 Å². The van der Waals surface area contributed by atoms with Gasteiger partial charge in [0, 0.05) is 29.2 Å². The Morgan fingerprint density at radius 1 is 1.28 bits per heavy atom. The smallest absolute Gasteiger partial charge is 0.160 e. The van der Waals surface area contributed by atoms with E-state index in [2.05, 4.69) is 34.0 Å². The lowest BCUT2D eigenvalue weighted by Gasteiger charge is -2.11. The van der Waals surface area contributed by atoms with Crippen molar-refractivity contribution in [3.05, 3.63) is 47.9 Å². The molecule has 5 nitrogen and oxygen atoms in total. The van der Waals surface area contributed by atoms with Crippen LogP contribution in [0, 0.1) is 0 Å². The van der Waals surface area contributed by atoms with Crippen molar-refractivity contribution in [2.24, 2.45) is 0 Å². The van der Waals surface area contributed by atoms with Crippen LogP contribution in [0.3, 0.4) is 0 Å². The van der Waals surface area contributed by atoms with Gasteiger partial charge >= 0.3 is 0 Å².